The van der Waals surface area contributed by atoms with E-state index >= 15 is 0 Å². The van der Waals surface area contributed by atoms with Gasteiger partial charge in [-0.15, -0.1) is 0 Å². The van der Waals surface area contributed by atoms with Crippen molar-refractivity contribution in [3.8, 4) is 11.3 Å². The molecule has 0 fully saturated rings. The van der Waals surface area contributed by atoms with Crippen molar-refractivity contribution in [3.63, 3.8) is 0 Å². The highest BCUT2D eigenvalue weighted by atomic mass is 79.9. The Labute approximate surface area is 135 Å². The first-order valence-electron chi connectivity index (χ1n) is 6.84. The Hall–Kier alpha value is -2.20. The van der Waals surface area contributed by atoms with E-state index in [0.29, 0.717) is 27.9 Å². The molecule has 3 rings (SSSR count). The van der Waals surface area contributed by atoms with Gasteiger partial charge in [-0.05, 0) is 25.1 Å². The second-order valence-electron chi connectivity index (χ2n) is 5.02. The van der Waals surface area contributed by atoms with Crippen molar-refractivity contribution < 1.29 is 9.21 Å². The lowest BCUT2D eigenvalue weighted by atomic mass is 10.0. The molecule has 0 saturated carbocycles. The number of hydrogen-bond donors (Lipinski definition) is 0. The Morgan fingerprint density at radius 2 is 1.86 bits per heavy atom. The molecule has 3 aromatic rings. The zero-order valence-electron chi connectivity index (χ0n) is 11.9. The molecular weight excluding hydrogens is 344 g/mol. The molecule has 0 amide bonds. The number of ketones is 1. The summed E-state index contributed by atoms with van der Waals surface area (Å²) in [6.45, 7) is 1.74. The molecule has 22 heavy (non-hydrogen) atoms. The van der Waals surface area contributed by atoms with Crippen molar-refractivity contribution in [1.82, 2.24) is 0 Å². The molecule has 1 aromatic heterocycles. The predicted molar refractivity (Wildman–Crippen MR) is 90.8 cm³/mol. The third-order valence-electron chi connectivity index (χ3n) is 3.60. The SMILES string of the molecule is Cc1c(-c2ccccc2)oc2ccc(C(=O)CBr)cc2c1=O. The number of halogens is 1. The van der Waals surface area contributed by atoms with Crippen LogP contribution in [0.25, 0.3) is 22.3 Å². The number of benzene rings is 2. The van der Waals surface area contributed by atoms with Crippen LogP contribution < -0.4 is 5.43 Å². The molecule has 0 radical (unpaired) electrons. The monoisotopic (exact) mass is 356 g/mol. The summed E-state index contributed by atoms with van der Waals surface area (Å²) in [6, 6.07) is 14.5. The summed E-state index contributed by atoms with van der Waals surface area (Å²) in [5, 5.41) is 0.661. The van der Waals surface area contributed by atoms with E-state index in [4.69, 9.17) is 4.42 Å². The number of carbonyl (C=O) groups excluding carboxylic acids is 1. The van der Waals surface area contributed by atoms with E-state index in [9.17, 15) is 9.59 Å². The summed E-state index contributed by atoms with van der Waals surface area (Å²) in [5.41, 5.74) is 2.29. The van der Waals surface area contributed by atoms with E-state index in [1.165, 1.54) is 0 Å². The van der Waals surface area contributed by atoms with Gasteiger partial charge in [0.15, 0.2) is 11.2 Å². The Bertz CT molecular complexity index is 911. The molecule has 3 nitrogen and oxygen atoms in total. The molecule has 0 aliphatic rings. The van der Waals surface area contributed by atoms with E-state index in [1.54, 1.807) is 25.1 Å². The highest BCUT2D eigenvalue weighted by Gasteiger charge is 2.14. The van der Waals surface area contributed by atoms with Gasteiger partial charge in [-0.3, -0.25) is 9.59 Å². The number of fused-ring (bicyclic) bond motifs is 1. The van der Waals surface area contributed by atoms with Crippen LogP contribution in [0.1, 0.15) is 15.9 Å². The number of hydrogen-bond acceptors (Lipinski definition) is 3. The molecule has 110 valence electrons. The lowest BCUT2D eigenvalue weighted by Crippen LogP contribution is -2.09. The van der Waals surface area contributed by atoms with Crippen molar-refractivity contribution in [2.45, 2.75) is 6.92 Å². The van der Waals surface area contributed by atoms with Gasteiger partial charge in [-0.25, -0.2) is 0 Å². The molecule has 0 N–H and O–H groups in total. The first-order chi connectivity index (χ1) is 10.6. The van der Waals surface area contributed by atoms with Crippen molar-refractivity contribution >= 4 is 32.7 Å². The summed E-state index contributed by atoms with van der Waals surface area (Å²) >= 11 is 3.14. The van der Waals surface area contributed by atoms with Gasteiger partial charge in [-0.1, -0.05) is 46.3 Å². The maximum atomic E-state index is 12.6. The van der Waals surface area contributed by atoms with Crippen LogP contribution >= 0.6 is 15.9 Å². The maximum Gasteiger partial charge on any atom is 0.196 e. The Morgan fingerprint density at radius 3 is 2.55 bits per heavy atom. The standard InChI is InChI=1S/C18H13BrO3/c1-11-17(21)14-9-13(15(20)10-19)7-8-16(14)22-18(11)12-5-3-2-4-6-12/h2-9H,10H2,1H3. The maximum absolute atomic E-state index is 12.6. The number of Topliss-reactive ketones (excluding diaryl/α,β-unsaturated/α-hetero) is 1. The smallest absolute Gasteiger partial charge is 0.196 e. The van der Waals surface area contributed by atoms with Gasteiger partial charge in [0.1, 0.15) is 11.3 Å². The van der Waals surface area contributed by atoms with E-state index in [0.717, 1.165) is 5.56 Å². The molecule has 2 aromatic carbocycles. The average molecular weight is 357 g/mol. The second kappa shape index (κ2) is 5.89. The van der Waals surface area contributed by atoms with Crippen molar-refractivity contribution in [2.75, 3.05) is 5.33 Å². The Balaban J connectivity index is 2.27. The van der Waals surface area contributed by atoms with Gasteiger partial charge in [0.05, 0.1) is 10.7 Å². The highest BCUT2D eigenvalue weighted by Crippen LogP contribution is 2.25. The fourth-order valence-electron chi connectivity index (χ4n) is 2.40. The molecule has 0 unspecified atom stereocenters. The summed E-state index contributed by atoms with van der Waals surface area (Å²) in [7, 11) is 0. The van der Waals surface area contributed by atoms with Crippen LogP contribution in [0.2, 0.25) is 0 Å². The van der Waals surface area contributed by atoms with Gasteiger partial charge in [-0.2, -0.15) is 0 Å². The third kappa shape index (κ3) is 2.50. The Kier molecular flexibility index (Phi) is 3.94. The van der Waals surface area contributed by atoms with E-state index in [2.05, 4.69) is 15.9 Å². The molecule has 0 spiro atoms. The first-order valence-corrected chi connectivity index (χ1v) is 7.96. The molecule has 0 aliphatic carbocycles. The van der Waals surface area contributed by atoms with Crippen LogP contribution in [0, 0.1) is 6.92 Å². The normalized spacial score (nSPS) is 10.8. The third-order valence-corrected chi connectivity index (χ3v) is 4.11. The van der Waals surface area contributed by atoms with Crippen LogP contribution in [-0.2, 0) is 0 Å². The molecular formula is C18H13BrO3. The Morgan fingerprint density at radius 1 is 1.14 bits per heavy atom. The zero-order chi connectivity index (χ0) is 15.7. The fraction of sp³-hybridized carbons (Fsp3) is 0.111. The molecule has 0 saturated heterocycles. The van der Waals surface area contributed by atoms with Crippen LogP contribution in [0.15, 0.2) is 57.7 Å². The summed E-state index contributed by atoms with van der Waals surface area (Å²) in [4.78, 5) is 24.4. The van der Waals surface area contributed by atoms with Gasteiger partial charge in [0.2, 0.25) is 0 Å². The summed E-state index contributed by atoms with van der Waals surface area (Å²) in [5.74, 6) is 0.503. The van der Waals surface area contributed by atoms with Gasteiger partial charge >= 0.3 is 0 Å². The number of rotatable bonds is 3. The first kappa shape index (κ1) is 14.7. The zero-order valence-corrected chi connectivity index (χ0v) is 13.5. The second-order valence-corrected chi connectivity index (χ2v) is 5.58. The highest BCUT2D eigenvalue weighted by molar-refractivity contribution is 9.09. The van der Waals surface area contributed by atoms with Gasteiger partial charge in [0.25, 0.3) is 0 Å². The van der Waals surface area contributed by atoms with Crippen LogP contribution in [0.3, 0.4) is 0 Å². The van der Waals surface area contributed by atoms with Crippen LogP contribution in [0.5, 0.6) is 0 Å². The van der Waals surface area contributed by atoms with E-state index in [1.807, 2.05) is 30.3 Å². The molecule has 1 heterocycles. The molecule has 0 bridgehead atoms. The van der Waals surface area contributed by atoms with Gasteiger partial charge in [0, 0.05) is 16.7 Å². The minimum Gasteiger partial charge on any atom is -0.456 e. The average Bonchev–Trinajstić information content (AvgIpc) is 2.57. The minimum atomic E-state index is -0.107. The molecule has 0 aliphatic heterocycles. The van der Waals surface area contributed by atoms with Crippen LogP contribution in [0.4, 0.5) is 0 Å². The van der Waals surface area contributed by atoms with Crippen LogP contribution in [-0.4, -0.2) is 11.1 Å². The number of alkyl halides is 1. The quantitative estimate of drug-likeness (QED) is 0.517. The lowest BCUT2D eigenvalue weighted by molar-refractivity contribution is 0.102. The molecule has 4 heteroatoms. The number of carbonyl (C=O) groups is 1. The van der Waals surface area contributed by atoms with Crippen molar-refractivity contribution in [1.29, 1.82) is 0 Å². The molecule has 0 atom stereocenters. The predicted octanol–water partition coefficient (Wildman–Crippen LogP) is 4.35. The lowest BCUT2D eigenvalue weighted by Gasteiger charge is -2.08. The fourth-order valence-corrected chi connectivity index (χ4v) is 2.73. The minimum absolute atomic E-state index is 0.0638. The van der Waals surface area contributed by atoms with Crippen molar-refractivity contribution in [2.24, 2.45) is 0 Å². The van der Waals surface area contributed by atoms with E-state index < -0.39 is 0 Å². The van der Waals surface area contributed by atoms with Crippen molar-refractivity contribution in [3.05, 3.63) is 69.9 Å². The summed E-state index contributed by atoms with van der Waals surface area (Å²) < 4.78 is 5.90. The van der Waals surface area contributed by atoms with E-state index in [-0.39, 0.29) is 16.5 Å². The topological polar surface area (TPSA) is 47.3 Å². The largest absolute Gasteiger partial charge is 0.456 e. The summed E-state index contributed by atoms with van der Waals surface area (Å²) in [6.07, 6.45) is 0. The van der Waals surface area contributed by atoms with Gasteiger partial charge < -0.3 is 4.42 Å².